The summed E-state index contributed by atoms with van der Waals surface area (Å²) in [6, 6.07) is 6.41. The molecule has 148 valence electrons. The summed E-state index contributed by atoms with van der Waals surface area (Å²) in [4.78, 5) is 12.3. The Labute approximate surface area is 158 Å². The van der Waals surface area contributed by atoms with Crippen molar-refractivity contribution in [1.82, 2.24) is 5.32 Å². The molecule has 2 rings (SSSR count). The molecule has 1 aromatic rings. The summed E-state index contributed by atoms with van der Waals surface area (Å²) in [7, 11) is 0. The highest BCUT2D eigenvalue weighted by Gasteiger charge is 2.33. The van der Waals surface area contributed by atoms with Crippen LogP contribution in [0.4, 0.5) is 13.2 Å². The van der Waals surface area contributed by atoms with E-state index >= 15 is 0 Å². The van der Waals surface area contributed by atoms with Gasteiger partial charge in [-0.1, -0.05) is 37.5 Å². The lowest BCUT2D eigenvalue weighted by atomic mass is 9.71. The zero-order chi connectivity index (χ0) is 18.3. The Morgan fingerprint density at radius 2 is 1.85 bits per heavy atom. The zero-order valence-electron chi connectivity index (χ0n) is 14.6. The fraction of sp³-hybridized carbons (Fsp3) is 0.611. The SMILES string of the molecule is Cl.NCC1(CC(=O)NCc2ccccc2OCC(F)(F)F)CCCCC1. The standard InChI is InChI=1S/C18H25F3N2O2.ClH/c19-18(20,21)13-25-15-7-3-2-6-14(15)11-23-16(24)10-17(12-22)8-4-1-5-9-17;/h2-3,6-7H,1,4-5,8-13,22H2,(H,23,24);1H. The predicted molar refractivity (Wildman–Crippen MR) is 96.3 cm³/mol. The van der Waals surface area contributed by atoms with Gasteiger partial charge in [0, 0.05) is 18.5 Å². The van der Waals surface area contributed by atoms with Gasteiger partial charge in [0.1, 0.15) is 5.75 Å². The molecule has 1 aromatic carbocycles. The van der Waals surface area contributed by atoms with Crippen LogP contribution in [-0.4, -0.2) is 25.2 Å². The number of amides is 1. The first kappa shape index (κ1) is 22.6. The molecule has 1 aliphatic carbocycles. The highest BCUT2D eigenvalue weighted by Crippen LogP contribution is 2.38. The summed E-state index contributed by atoms with van der Waals surface area (Å²) in [6.45, 7) is -0.743. The van der Waals surface area contributed by atoms with E-state index in [-0.39, 0.29) is 36.0 Å². The van der Waals surface area contributed by atoms with Gasteiger partial charge in [0.15, 0.2) is 6.61 Å². The lowest BCUT2D eigenvalue weighted by molar-refractivity contribution is -0.153. The van der Waals surface area contributed by atoms with Crippen molar-refractivity contribution in [2.45, 2.75) is 51.2 Å². The van der Waals surface area contributed by atoms with Gasteiger partial charge in [0.05, 0.1) is 0 Å². The molecular formula is C18H26ClF3N2O2. The van der Waals surface area contributed by atoms with Gasteiger partial charge in [-0.05, 0) is 30.9 Å². The number of hydrogen-bond acceptors (Lipinski definition) is 3. The molecule has 4 nitrogen and oxygen atoms in total. The average molecular weight is 395 g/mol. The molecule has 1 saturated carbocycles. The number of rotatable bonds is 7. The average Bonchev–Trinajstić information content (AvgIpc) is 2.59. The van der Waals surface area contributed by atoms with Gasteiger partial charge in [-0.25, -0.2) is 0 Å². The van der Waals surface area contributed by atoms with Gasteiger partial charge in [0.2, 0.25) is 5.91 Å². The maximum absolute atomic E-state index is 12.3. The third-order valence-electron chi connectivity index (χ3n) is 4.72. The number of nitrogens with one attached hydrogen (secondary N) is 1. The second kappa shape index (κ2) is 10.0. The van der Waals surface area contributed by atoms with Crippen LogP contribution in [0.2, 0.25) is 0 Å². The van der Waals surface area contributed by atoms with Crippen molar-refractivity contribution in [3.63, 3.8) is 0 Å². The number of alkyl halides is 3. The minimum atomic E-state index is -4.40. The molecule has 1 aliphatic rings. The highest BCUT2D eigenvalue weighted by atomic mass is 35.5. The van der Waals surface area contributed by atoms with Crippen molar-refractivity contribution in [2.75, 3.05) is 13.2 Å². The van der Waals surface area contributed by atoms with E-state index in [9.17, 15) is 18.0 Å². The number of hydrogen-bond donors (Lipinski definition) is 2. The normalized spacial score (nSPS) is 16.5. The second-order valence-electron chi connectivity index (χ2n) is 6.73. The molecular weight excluding hydrogens is 369 g/mol. The fourth-order valence-corrected chi connectivity index (χ4v) is 3.30. The van der Waals surface area contributed by atoms with Gasteiger partial charge in [0.25, 0.3) is 0 Å². The van der Waals surface area contributed by atoms with Crippen LogP contribution in [0, 0.1) is 5.41 Å². The van der Waals surface area contributed by atoms with Gasteiger partial charge < -0.3 is 15.8 Å². The Hall–Kier alpha value is -1.47. The van der Waals surface area contributed by atoms with E-state index in [2.05, 4.69) is 5.32 Å². The molecule has 0 bridgehead atoms. The summed E-state index contributed by atoms with van der Waals surface area (Å²) < 4.78 is 41.8. The first-order chi connectivity index (χ1) is 11.8. The molecule has 26 heavy (non-hydrogen) atoms. The maximum Gasteiger partial charge on any atom is 0.422 e. The lowest BCUT2D eigenvalue weighted by Crippen LogP contribution is -2.38. The number of benzene rings is 1. The van der Waals surface area contributed by atoms with Gasteiger partial charge >= 0.3 is 6.18 Å². The topological polar surface area (TPSA) is 64.4 Å². The minimum absolute atomic E-state index is 0. The van der Waals surface area contributed by atoms with Gasteiger partial charge in [-0.3, -0.25) is 4.79 Å². The third-order valence-corrected chi connectivity index (χ3v) is 4.72. The Morgan fingerprint density at radius 3 is 2.46 bits per heavy atom. The summed E-state index contributed by atoms with van der Waals surface area (Å²) >= 11 is 0. The third kappa shape index (κ3) is 7.03. The molecule has 0 aromatic heterocycles. The Bertz CT molecular complexity index is 576. The van der Waals surface area contributed by atoms with E-state index in [1.165, 1.54) is 12.5 Å². The number of nitrogens with two attached hydrogens (primary N) is 1. The van der Waals surface area contributed by atoms with Crippen LogP contribution in [0.5, 0.6) is 5.75 Å². The molecule has 8 heteroatoms. The summed E-state index contributed by atoms with van der Waals surface area (Å²) in [5.74, 6) is 0.00399. The predicted octanol–water partition coefficient (Wildman–Crippen LogP) is 3.97. The van der Waals surface area contributed by atoms with Crippen molar-refractivity contribution in [1.29, 1.82) is 0 Å². The summed E-state index contributed by atoms with van der Waals surface area (Å²) in [6.07, 6.45) is 1.19. The Kier molecular flexibility index (Phi) is 8.70. The van der Waals surface area contributed by atoms with Crippen molar-refractivity contribution in [3.05, 3.63) is 29.8 Å². The largest absolute Gasteiger partial charge is 0.484 e. The van der Waals surface area contributed by atoms with Crippen molar-refractivity contribution in [3.8, 4) is 5.75 Å². The van der Waals surface area contributed by atoms with Crippen LogP contribution in [0.25, 0.3) is 0 Å². The number of halogens is 4. The molecule has 0 atom stereocenters. The molecule has 0 spiro atoms. The molecule has 0 heterocycles. The minimum Gasteiger partial charge on any atom is -0.484 e. The molecule has 0 radical (unpaired) electrons. The second-order valence-corrected chi connectivity index (χ2v) is 6.73. The first-order valence-corrected chi connectivity index (χ1v) is 8.58. The van der Waals surface area contributed by atoms with Gasteiger partial charge in [-0.15, -0.1) is 12.4 Å². The van der Waals surface area contributed by atoms with Crippen molar-refractivity contribution < 1.29 is 22.7 Å². The van der Waals surface area contributed by atoms with Crippen LogP contribution >= 0.6 is 12.4 Å². The van der Waals surface area contributed by atoms with Crippen molar-refractivity contribution in [2.24, 2.45) is 11.1 Å². The van der Waals surface area contributed by atoms with E-state index in [0.717, 1.165) is 25.7 Å². The Balaban J connectivity index is 0.00000338. The van der Waals surface area contributed by atoms with Crippen LogP contribution in [0.3, 0.4) is 0 Å². The molecule has 0 unspecified atom stereocenters. The van der Waals surface area contributed by atoms with Crippen molar-refractivity contribution >= 4 is 18.3 Å². The molecule has 1 fully saturated rings. The monoisotopic (exact) mass is 394 g/mol. The quantitative estimate of drug-likeness (QED) is 0.735. The molecule has 0 aliphatic heterocycles. The zero-order valence-corrected chi connectivity index (χ0v) is 15.4. The lowest BCUT2D eigenvalue weighted by Gasteiger charge is -2.35. The van der Waals surface area contributed by atoms with Crippen LogP contribution in [0.1, 0.15) is 44.1 Å². The molecule has 0 saturated heterocycles. The molecule has 3 N–H and O–H groups in total. The van der Waals surface area contributed by atoms with Gasteiger partial charge in [-0.2, -0.15) is 13.2 Å². The maximum atomic E-state index is 12.3. The van der Waals surface area contributed by atoms with E-state index in [0.29, 0.717) is 18.5 Å². The number of carbonyl (C=O) groups is 1. The van der Waals surface area contributed by atoms with E-state index in [1.54, 1.807) is 18.2 Å². The van der Waals surface area contributed by atoms with Crippen LogP contribution in [0.15, 0.2) is 24.3 Å². The Morgan fingerprint density at radius 1 is 1.19 bits per heavy atom. The summed E-state index contributed by atoms with van der Waals surface area (Å²) in [5.41, 5.74) is 6.27. The summed E-state index contributed by atoms with van der Waals surface area (Å²) in [5, 5.41) is 2.79. The van der Waals surface area contributed by atoms with E-state index < -0.39 is 12.8 Å². The molecule has 1 amide bonds. The van der Waals surface area contributed by atoms with E-state index in [4.69, 9.17) is 10.5 Å². The van der Waals surface area contributed by atoms with E-state index in [1.807, 2.05) is 0 Å². The fourth-order valence-electron chi connectivity index (χ4n) is 3.30. The number of ether oxygens (including phenoxy) is 1. The number of carbonyl (C=O) groups excluding carboxylic acids is 1. The van der Waals surface area contributed by atoms with Crippen LogP contribution in [-0.2, 0) is 11.3 Å². The number of para-hydroxylation sites is 1. The highest BCUT2D eigenvalue weighted by molar-refractivity contribution is 5.85. The smallest absolute Gasteiger partial charge is 0.422 e. The van der Waals surface area contributed by atoms with Crippen LogP contribution < -0.4 is 15.8 Å². The first-order valence-electron chi connectivity index (χ1n) is 8.58.